The van der Waals surface area contributed by atoms with E-state index in [0.29, 0.717) is 16.5 Å². The second-order valence-corrected chi connectivity index (χ2v) is 5.64. The summed E-state index contributed by atoms with van der Waals surface area (Å²) >= 11 is 3.33. The Morgan fingerprint density at radius 1 is 1.10 bits per heavy atom. The van der Waals surface area contributed by atoms with Crippen LogP contribution in [0.15, 0.2) is 56.5 Å². The number of nitrogens with one attached hydrogen (secondary N) is 1. The maximum atomic E-state index is 12.4. The Hall–Kier alpha value is -2.34. The second-order valence-electron chi connectivity index (χ2n) is 4.72. The first-order chi connectivity index (χ1) is 10.1. The molecule has 5 nitrogen and oxygen atoms in total. The van der Waals surface area contributed by atoms with Crippen molar-refractivity contribution in [3.05, 3.63) is 73.2 Å². The van der Waals surface area contributed by atoms with Gasteiger partial charge < -0.3 is 5.73 Å². The molecule has 106 valence electrons. The summed E-state index contributed by atoms with van der Waals surface area (Å²) in [6.45, 7) is 0.220. The van der Waals surface area contributed by atoms with E-state index in [9.17, 15) is 9.59 Å². The van der Waals surface area contributed by atoms with Gasteiger partial charge in [-0.25, -0.2) is 4.68 Å². The standard InChI is InChI=1S/C15H12BrN3O2/c16-10-6-5-9(13(17)7-10)8-19-15(21)12-4-2-1-3-11(12)14(20)18-19/h1-7H,8,17H2,(H,18,20). The molecule has 3 rings (SSSR count). The van der Waals surface area contributed by atoms with E-state index >= 15 is 0 Å². The van der Waals surface area contributed by atoms with E-state index in [4.69, 9.17) is 5.73 Å². The minimum atomic E-state index is -0.291. The predicted molar refractivity (Wildman–Crippen MR) is 86.5 cm³/mol. The van der Waals surface area contributed by atoms with Crippen LogP contribution >= 0.6 is 15.9 Å². The maximum absolute atomic E-state index is 12.4. The third-order valence-corrected chi connectivity index (χ3v) is 3.81. The van der Waals surface area contributed by atoms with Crippen LogP contribution in [-0.4, -0.2) is 9.78 Å². The largest absolute Gasteiger partial charge is 0.398 e. The van der Waals surface area contributed by atoms with Gasteiger partial charge in [0.1, 0.15) is 0 Å². The molecule has 1 heterocycles. The highest BCUT2D eigenvalue weighted by Crippen LogP contribution is 2.18. The Bertz CT molecular complexity index is 944. The van der Waals surface area contributed by atoms with Crippen LogP contribution in [0.2, 0.25) is 0 Å². The molecule has 1 aromatic heterocycles. The molecule has 0 saturated carbocycles. The topological polar surface area (TPSA) is 80.9 Å². The van der Waals surface area contributed by atoms with Gasteiger partial charge in [-0.3, -0.25) is 14.7 Å². The average Bonchev–Trinajstić information content (AvgIpc) is 2.47. The zero-order valence-electron chi connectivity index (χ0n) is 11.0. The molecule has 0 radical (unpaired) electrons. The minimum Gasteiger partial charge on any atom is -0.398 e. The van der Waals surface area contributed by atoms with Crippen LogP contribution in [0.25, 0.3) is 10.8 Å². The smallest absolute Gasteiger partial charge is 0.273 e. The first-order valence-electron chi connectivity index (χ1n) is 6.32. The Kier molecular flexibility index (Phi) is 3.39. The van der Waals surface area contributed by atoms with Gasteiger partial charge in [-0.05, 0) is 29.8 Å². The van der Waals surface area contributed by atoms with E-state index in [1.54, 1.807) is 30.3 Å². The van der Waals surface area contributed by atoms with Gasteiger partial charge in [0, 0.05) is 10.2 Å². The summed E-state index contributed by atoms with van der Waals surface area (Å²) in [4.78, 5) is 24.4. The molecule has 2 aromatic carbocycles. The van der Waals surface area contributed by atoms with E-state index in [2.05, 4.69) is 21.0 Å². The van der Waals surface area contributed by atoms with Crippen LogP contribution in [0, 0.1) is 0 Å². The van der Waals surface area contributed by atoms with Crippen molar-refractivity contribution in [3.8, 4) is 0 Å². The summed E-state index contributed by atoms with van der Waals surface area (Å²) in [7, 11) is 0. The number of nitrogens with zero attached hydrogens (tertiary/aromatic N) is 1. The van der Waals surface area contributed by atoms with E-state index in [0.717, 1.165) is 10.0 Å². The number of fused-ring (bicyclic) bond motifs is 1. The normalized spacial score (nSPS) is 10.9. The van der Waals surface area contributed by atoms with Gasteiger partial charge >= 0.3 is 0 Å². The number of hydrogen-bond donors (Lipinski definition) is 2. The SMILES string of the molecule is Nc1cc(Br)ccc1Cn1[nH]c(=O)c2ccccc2c1=O. The third-order valence-electron chi connectivity index (χ3n) is 3.32. The van der Waals surface area contributed by atoms with Gasteiger partial charge in [-0.15, -0.1) is 0 Å². The molecule has 0 atom stereocenters. The molecule has 21 heavy (non-hydrogen) atoms. The number of nitrogen functional groups attached to an aromatic ring is 1. The highest BCUT2D eigenvalue weighted by atomic mass is 79.9. The number of nitrogens with two attached hydrogens (primary N) is 1. The fourth-order valence-electron chi connectivity index (χ4n) is 2.24. The van der Waals surface area contributed by atoms with Crippen LogP contribution in [0.3, 0.4) is 0 Å². The van der Waals surface area contributed by atoms with Crippen molar-refractivity contribution >= 4 is 32.4 Å². The number of aromatic nitrogens is 2. The highest BCUT2D eigenvalue weighted by Gasteiger charge is 2.08. The number of rotatable bonds is 2. The molecule has 0 unspecified atom stereocenters. The van der Waals surface area contributed by atoms with Gasteiger partial charge in [0.2, 0.25) is 0 Å². The van der Waals surface area contributed by atoms with Gasteiger partial charge in [0.05, 0.1) is 17.3 Å². The van der Waals surface area contributed by atoms with Crippen molar-refractivity contribution in [1.29, 1.82) is 0 Å². The van der Waals surface area contributed by atoms with Crippen molar-refractivity contribution < 1.29 is 0 Å². The van der Waals surface area contributed by atoms with Crippen LogP contribution in [0.4, 0.5) is 5.69 Å². The molecule has 0 aliphatic rings. The molecule has 3 aromatic rings. The first-order valence-corrected chi connectivity index (χ1v) is 7.11. The molecule has 0 fully saturated rings. The molecule has 3 N–H and O–H groups in total. The Morgan fingerprint density at radius 2 is 1.81 bits per heavy atom. The predicted octanol–water partition coefficient (Wildman–Crippen LogP) is 2.08. The fraction of sp³-hybridized carbons (Fsp3) is 0.0667. The molecule has 0 aliphatic carbocycles. The Labute approximate surface area is 128 Å². The quantitative estimate of drug-likeness (QED) is 0.697. The first kappa shape index (κ1) is 13.6. The number of benzene rings is 2. The van der Waals surface area contributed by atoms with Gasteiger partial charge in [-0.1, -0.05) is 34.1 Å². The zero-order valence-corrected chi connectivity index (χ0v) is 12.6. The van der Waals surface area contributed by atoms with E-state index in [1.165, 1.54) is 4.68 Å². The third kappa shape index (κ3) is 2.50. The fourth-order valence-corrected chi connectivity index (χ4v) is 2.62. The van der Waals surface area contributed by atoms with Crippen molar-refractivity contribution in [2.45, 2.75) is 6.54 Å². The van der Waals surface area contributed by atoms with Crippen molar-refractivity contribution in [3.63, 3.8) is 0 Å². The molecule has 0 bridgehead atoms. The summed E-state index contributed by atoms with van der Waals surface area (Å²) in [5.74, 6) is 0. The van der Waals surface area contributed by atoms with Gasteiger partial charge in [0.25, 0.3) is 11.1 Å². The lowest BCUT2D eigenvalue weighted by Gasteiger charge is -2.09. The number of hydrogen-bond acceptors (Lipinski definition) is 3. The number of aromatic amines is 1. The lowest BCUT2D eigenvalue weighted by molar-refractivity contribution is 0.638. The molecule has 0 aliphatic heterocycles. The van der Waals surface area contributed by atoms with Gasteiger partial charge in [-0.2, -0.15) is 0 Å². The lowest BCUT2D eigenvalue weighted by Crippen LogP contribution is -2.30. The number of H-pyrrole nitrogens is 1. The second kappa shape index (κ2) is 5.21. The van der Waals surface area contributed by atoms with Crippen molar-refractivity contribution in [1.82, 2.24) is 9.78 Å². The van der Waals surface area contributed by atoms with Crippen molar-refractivity contribution in [2.75, 3.05) is 5.73 Å². The molecule has 0 amide bonds. The maximum Gasteiger partial charge on any atom is 0.273 e. The molecule has 6 heteroatoms. The summed E-state index contributed by atoms with van der Waals surface area (Å²) in [6, 6.07) is 12.2. The van der Waals surface area contributed by atoms with E-state index in [1.807, 2.05) is 12.1 Å². The van der Waals surface area contributed by atoms with Crippen LogP contribution in [0.1, 0.15) is 5.56 Å². The summed E-state index contributed by atoms with van der Waals surface area (Å²) < 4.78 is 2.15. The van der Waals surface area contributed by atoms with Crippen LogP contribution in [0.5, 0.6) is 0 Å². The van der Waals surface area contributed by atoms with E-state index in [-0.39, 0.29) is 17.7 Å². The molecule has 0 saturated heterocycles. The minimum absolute atomic E-state index is 0.220. The Balaban J connectivity index is 2.15. The summed E-state index contributed by atoms with van der Waals surface area (Å²) in [5, 5.41) is 3.38. The van der Waals surface area contributed by atoms with Gasteiger partial charge in [0.15, 0.2) is 0 Å². The molecular formula is C15H12BrN3O2. The highest BCUT2D eigenvalue weighted by molar-refractivity contribution is 9.10. The van der Waals surface area contributed by atoms with Crippen molar-refractivity contribution in [2.24, 2.45) is 0 Å². The summed E-state index contributed by atoms with van der Waals surface area (Å²) in [5.41, 5.74) is 6.73. The molecular weight excluding hydrogens is 334 g/mol. The average molecular weight is 346 g/mol. The number of anilines is 1. The lowest BCUT2D eigenvalue weighted by atomic mass is 10.1. The Morgan fingerprint density at radius 3 is 2.52 bits per heavy atom. The summed E-state index contributed by atoms with van der Waals surface area (Å²) in [6.07, 6.45) is 0. The van der Waals surface area contributed by atoms with E-state index < -0.39 is 0 Å². The monoisotopic (exact) mass is 345 g/mol. The van der Waals surface area contributed by atoms with Crippen LogP contribution in [-0.2, 0) is 6.54 Å². The van der Waals surface area contributed by atoms with Crippen LogP contribution < -0.4 is 16.9 Å². The molecule has 0 spiro atoms. The zero-order chi connectivity index (χ0) is 15.0. The number of halogens is 1.